The van der Waals surface area contributed by atoms with Crippen molar-refractivity contribution in [3.05, 3.63) is 48.0 Å². The van der Waals surface area contributed by atoms with Crippen molar-refractivity contribution in [2.75, 3.05) is 19.9 Å². The van der Waals surface area contributed by atoms with Gasteiger partial charge in [0.25, 0.3) is 0 Å². The first-order valence-corrected chi connectivity index (χ1v) is 9.92. The molecule has 2 heterocycles. The molecule has 0 saturated carbocycles. The van der Waals surface area contributed by atoms with Gasteiger partial charge in [0, 0.05) is 13.1 Å². The minimum Gasteiger partial charge on any atom is -0.454 e. The zero-order valence-corrected chi connectivity index (χ0v) is 15.3. The van der Waals surface area contributed by atoms with Gasteiger partial charge in [-0.05, 0) is 42.2 Å². The third-order valence-electron chi connectivity index (χ3n) is 4.71. The molecule has 150 valence electrons. The number of ether oxygens (including phenoxy) is 3. The lowest BCUT2D eigenvalue weighted by molar-refractivity contribution is -0.275. The number of benzene rings is 2. The van der Waals surface area contributed by atoms with Crippen molar-refractivity contribution in [3.8, 4) is 17.2 Å². The van der Waals surface area contributed by atoms with E-state index in [1.165, 1.54) is 16.4 Å². The molecule has 2 aromatic rings. The molecule has 0 N–H and O–H groups in total. The molecule has 0 amide bonds. The number of alkyl halides is 3. The van der Waals surface area contributed by atoms with Crippen LogP contribution in [0.4, 0.5) is 13.2 Å². The highest BCUT2D eigenvalue weighted by molar-refractivity contribution is 7.89. The Kier molecular flexibility index (Phi) is 4.62. The molecule has 2 aromatic carbocycles. The molecule has 1 atom stereocenters. The van der Waals surface area contributed by atoms with Crippen LogP contribution in [0.5, 0.6) is 17.2 Å². The number of nitrogens with zero attached hydrogens (tertiary/aromatic N) is 1. The minimum atomic E-state index is -4.98. The molecule has 10 heteroatoms. The fourth-order valence-corrected chi connectivity index (χ4v) is 5.01. The molecule has 1 saturated heterocycles. The maximum absolute atomic E-state index is 12.9. The third kappa shape index (κ3) is 3.61. The first-order chi connectivity index (χ1) is 13.2. The number of para-hydroxylation sites is 1. The summed E-state index contributed by atoms with van der Waals surface area (Å²) in [6, 6.07) is 10.2. The molecular weight excluding hydrogens is 399 g/mol. The average molecular weight is 415 g/mol. The van der Waals surface area contributed by atoms with Crippen LogP contribution in [0, 0.1) is 0 Å². The molecule has 1 fully saturated rings. The van der Waals surface area contributed by atoms with Gasteiger partial charge in [0.1, 0.15) is 10.6 Å². The Labute approximate surface area is 159 Å². The van der Waals surface area contributed by atoms with Gasteiger partial charge in [-0.15, -0.1) is 13.2 Å². The summed E-state index contributed by atoms with van der Waals surface area (Å²) in [4.78, 5) is -0.501. The predicted octanol–water partition coefficient (Wildman–Crippen LogP) is 3.49. The van der Waals surface area contributed by atoms with Gasteiger partial charge < -0.3 is 14.2 Å². The normalized spacial score (nSPS) is 19.8. The summed E-state index contributed by atoms with van der Waals surface area (Å²) in [6.45, 7) is 0.490. The molecule has 0 radical (unpaired) electrons. The molecule has 0 aromatic heterocycles. The fraction of sp³-hybridized carbons (Fsp3) is 0.333. The molecule has 28 heavy (non-hydrogen) atoms. The summed E-state index contributed by atoms with van der Waals surface area (Å²) in [5.41, 5.74) is 0.891. The Hall–Kier alpha value is -2.46. The van der Waals surface area contributed by atoms with Crippen LogP contribution in [-0.2, 0) is 10.0 Å². The van der Waals surface area contributed by atoms with Crippen LogP contribution in [0.3, 0.4) is 0 Å². The summed E-state index contributed by atoms with van der Waals surface area (Å²) < 4.78 is 79.5. The van der Waals surface area contributed by atoms with Crippen LogP contribution in [0.2, 0.25) is 0 Å². The molecule has 4 rings (SSSR count). The lowest BCUT2D eigenvalue weighted by Crippen LogP contribution is -2.30. The van der Waals surface area contributed by atoms with Gasteiger partial charge in [-0.3, -0.25) is 0 Å². The van der Waals surface area contributed by atoms with Gasteiger partial charge in [-0.25, -0.2) is 8.42 Å². The second-order valence-corrected chi connectivity index (χ2v) is 8.36. The van der Waals surface area contributed by atoms with E-state index in [9.17, 15) is 21.6 Å². The third-order valence-corrected chi connectivity index (χ3v) is 6.62. The number of hydrogen-bond donors (Lipinski definition) is 0. The Morgan fingerprint density at radius 1 is 1.07 bits per heavy atom. The van der Waals surface area contributed by atoms with Crippen LogP contribution in [0.1, 0.15) is 17.9 Å². The van der Waals surface area contributed by atoms with Gasteiger partial charge in [0.15, 0.2) is 11.5 Å². The van der Waals surface area contributed by atoms with E-state index in [4.69, 9.17) is 9.47 Å². The topological polar surface area (TPSA) is 65.1 Å². The standard InChI is InChI=1S/C18H16F3NO5S/c19-18(20,21)27-15-3-1-2-4-17(15)28(23,24)22-8-7-13(10-22)12-5-6-14-16(9-12)26-11-25-14/h1-6,9,13H,7-8,10-11H2. The molecule has 0 bridgehead atoms. The van der Waals surface area contributed by atoms with Crippen LogP contribution in [-0.4, -0.2) is 39.0 Å². The van der Waals surface area contributed by atoms with Crippen molar-refractivity contribution in [1.82, 2.24) is 4.31 Å². The number of sulfonamides is 1. The highest BCUT2D eigenvalue weighted by Gasteiger charge is 2.38. The molecule has 2 aliphatic rings. The average Bonchev–Trinajstić information content (AvgIpc) is 3.29. The summed E-state index contributed by atoms with van der Waals surface area (Å²) >= 11 is 0. The molecule has 0 spiro atoms. The highest BCUT2D eigenvalue weighted by atomic mass is 32.2. The van der Waals surface area contributed by atoms with E-state index in [-0.39, 0.29) is 25.8 Å². The van der Waals surface area contributed by atoms with Crippen molar-refractivity contribution in [2.24, 2.45) is 0 Å². The van der Waals surface area contributed by atoms with Crippen LogP contribution >= 0.6 is 0 Å². The van der Waals surface area contributed by atoms with E-state index < -0.39 is 27.0 Å². The van der Waals surface area contributed by atoms with Crippen LogP contribution < -0.4 is 14.2 Å². The van der Waals surface area contributed by atoms with Crippen molar-refractivity contribution < 1.29 is 35.8 Å². The Bertz CT molecular complexity index is 993. The van der Waals surface area contributed by atoms with Gasteiger partial charge in [0.2, 0.25) is 16.8 Å². The molecular formula is C18H16F3NO5S. The van der Waals surface area contributed by atoms with Crippen LogP contribution in [0.15, 0.2) is 47.4 Å². The summed E-state index contributed by atoms with van der Waals surface area (Å²) in [5, 5.41) is 0. The van der Waals surface area contributed by atoms with Crippen molar-refractivity contribution in [1.29, 1.82) is 0 Å². The molecule has 6 nitrogen and oxygen atoms in total. The summed E-state index contributed by atoms with van der Waals surface area (Å²) in [5.74, 6) is 0.397. The van der Waals surface area contributed by atoms with E-state index in [1.807, 2.05) is 12.1 Å². The van der Waals surface area contributed by atoms with Crippen molar-refractivity contribution in [3.63, 3.8) is 0 Å². The first kappa shape index (κ1) is 18.9. The number of rotatable bonds is 4. The maximum Gasteiger partial charge on any atom is 0.573 e. The lowest BCUT2D eigenvalue weighted by atomic mass is 9.98. The van der Waals surface area contributed by atoms with Gasteiger partial charge >= 0.3 is 6.36 Å². The molecule has 2 aliphatic heterocycles. The van der Waals surface area contributed by atoms with Crippen molar-refractivity contribution >= 4 is 10.0 Å². The second kappa shape index (κ2) is 6.85. The van der Waals surface area contributed by atoms with Gasteiger partial charge in [-0.2, -0.15) is 4.31 Å². The zero-order valence-electron chi connectivity index (χ0n) is 14.5. The van der Waals surface area contributed by atoms with E-state index in [0.717, 1.165) is 17.7 Å². The van der Waals surface area contributed by atoms with Gasteiger partial charge in [-0.1, -0.05) is 18.2 Å². The lowest BCUT2D eigenvalue weighted by Gasteiger charge is -2.19. The number of halogens is 3. The second-order valence-electron chi connectivity index (χ2n) is 6.46. The zero-order chi connectivity index (χ0) is 19.9. The van der Waals surface area contributed by atoms with E-state index >= 15 is 0 Å². The van der Waals surface area contributed by atoms with E-state index in [1.54, 1.807) is 6.07 Å². The summed E-state index contributed by atoms with van der Waals surface area (Å²) in [6.07, 6.45) is -4.44. The maximum atomic E-state index is 12.9. The van der Waals surface area contributed by atoms with Crippen LogP contribution in [0.25, 0.3) is 0 Å². The predicted molar refractivity (Wildman–Crippen MR) is 91.8 cm³/mol. The molecule has 0 aliphatic carbocycles. The van der Waals surface area contributed by atoms with Gasteiger partial charge in [0.05, 0.1) is 0 Å². The van der Waals surface area contributed by atoms with E-state index in [2.05, 4.69) is 4.74 Å². The highest BCUT2D eigenvalue weighted by Crippen LogP contribution is 2.39. The largest absolute Gasteiger partial charge is 0.573 e. The van der Waals surface area contributed by atoms with Crippen molar-refractivity contribution in [2.45, 2.75) is 23.6 Å². The Morgan fingerprint density at radius 3 is 2.61 bits per heavy atom. The van der Waals surface area contributed by atoms with E-state index in [0.29, 0.717) is 17.9 Å². The SMILES string of the molecule is O=S(=O)(c1ccccc1OC(F)(F)F)N1CCC(c2ccc3c(c2)OCO3)C1. The quantitative estimate of drug-likeness (QED) is 0.765. The monoisotopic (exact) mass is 415 g/mol. The number of fused-ring (bicyclic) bond motifs is 1. The Morgan fingerprint density at radius 2 is 1.82 bits per heavy atom. The smallest absolute Gasteiger partial charge is 0.454 e. The number of hydrogen-bond acceptors (Lipinski definition) is 5. The fourth-order valence-electron chi connectivity index (χ4n) is 3.40. The first-order valence-electron chi connectivity index (χ1n) is 8.48. The molecule has 1 unspecified atom stereocenters. The Balaban J connectivity index is 1.57. The minimum absolute atomic E-state index is 0.0972. The summed E-state index contributed by atoms with van der Waals surface area (Å²) in [7, 11) is -4.14.